The maximum Gasteiger partial charge on any atom is 0.416 e. The molecule has 1 amide bonds. The Bertz CT molecular complexity index is 1990. The van der Waals surface area contributed by atoms with Crippen molar-refractivity contribution in [3.05, 3.63) is 126 Å². The molecule has 1 aliphatic rings. The Labute approximate surface area is 293 Å². The topological polar surface area (TPSA) is 92.1 Å². The number of esters is 1. The molecule has 0 spiro atoms. The molecule has 3 heterocycles. The van der Waals surface area contributed by atoms with Crippen LogP contribution in [-0.2, 0) is 33.7 Å². The standard InChI is InChI=1S/C41H43N3O6/c1-5-47-38(45)27-37(31-13-9-15-34(25-31)49-28-29-11-7-6-8-12-29)43-23-20-32-26-35(18-19-36(32)43)48-24-21-33-17-16-30-14-10-22-44(39(30)42-33)40(46)50-41(2,3)4/h6-9,11-13,15-20,23,25-27H,5,10,14,21-22,24,28H2,1-4H3. The number of fused-ring (bicyclic) bond motifs is 2. The molecular formula is C41H43N3O6. The third kappa shape index (κ3) is 8.52. The van der Waals surface area contributed by atoms with Crippen molar-refractivity contribution < 1.29 is 28.5 Å². The summed E-state index contributed by atoms with van der Waals surface area (Å²) in [5, 5.41) is 0.952. The molecule has 0 aliphatic carbocycles. The Morgan fingerprint density at radius 3 is 2.52 bits per heavy atom. The summed E-state index contributed by atoms with van der Waals surface area (Å²) in [6, 6.07) is 29.6. The lowest BCUT2D eigenvalue weighted by Gasteiger charge is -2.31. The summed E-state index contributed by atoms with van der Waals surface area (Å²) < 4.78 is 25.2. The fourth-order valence-electron chi connectivity index (χ4n) is 5.88. The van der Waals surface area contributed by atoms with Crippen LogP contribution >= 0.6 is 0 Å². The summed E-state index contributed by atoms with van der Waals surface area (Å²) in [6.07, 6.45) is 5.40. The van der Waals surface area contributed by atoms with Gasteiger partial charge in [0.1, 0.15) is 29.5 Å². The highest BCUT2D eigenvalue weighted by Gasteiger charge is 2.28. The third-order valence-corrected chi connectivity index (χ3v) is 8.18. The molecule has 0 unspecified atom stereocenters. The summed E-state index contributed by atoms with van der Waals surface area (Å²) in [5.74, 6) is 1.66. The maximum atomic E-state index is 12.9. The van der Waals surface area contributed by atoms with Crippen LogP contribution in [0.4, 0.5) is 10.6 Å². The molecule has 2 aromatic heterocycles. The van der Waals surface area contributed by atoms with Gasteiger partial charge in [0, 0.05) is 41.9 Å². The predicted molar refractivity (Wildman–Crippen MR) is 194 cm³/mol. The average Bonchev–Trinajstić information content (AvgIpc) is 3.52. The highest BCUT2D eigenvalue weighted by atomic mass is 16.6. The molecule has 1 aliphatic heterocycles. The first-order chi connectivity index (χ1) is 24.2. The number of anilines is 1. The quantitative estimate of drug-likeness (QED) is 0.103. The number of ether oxygens (including phenoxy) is 4. The van der Waals surface area contributed by atoms with Crippen molar-refractivity contribution in [2.45, 2.75) is 59.2 Å². The molecule has 50 heavy (non-hydrogen) atoms. The molecule has 0 radical (unpaired) electrons. The van der Waals surface area contributed by atoms with Crippen molar-refractivity contribution in [3.63, 3.8) is 0 Å². The minimum absolute atomic E-state index is 0.277. The van der Waals surface area contributed by atoms with Crippen molar-refractivity contribution in [1.29, 1.82) is 0 Å². The van der Waals surface area contributed by atoms with Gasteiger partial charge in [-0.05, 0) is 94.1 Å². The van der Waals surface area contributed by atoms with Gasteiger partial charge in [-0.25, -0.2) is 14.6 Å². The van der Waals surface area contributed by atoms with E-state index in [-0.39, 0.29) is 12.7 Å². The lowest BCUT2D eigenvalue weighted by Crippen LogP contribution is -2.40. The number of carbonyl (C=O) groups is 2. The lowest BCUT2D eigenvalue weighted by molar-refractivity contribution is -0.137. The lowest BCUT2D eigenvalue weighted by atomic mass is 10.1. The predicted octanol–water partition coefficient (Wildman–Crippen LogP) is 8.38. The van der Waals surface area contributed by atoms with Crippen LogP contribution in [0.25, 0.3) is 16.6 Å². The fraction of sp³-hybridized carbons (Fsp3) is 0.293. The zero-order valence-corrected chi connectivity index (χ0v) is 29.1. The summed E-state index contributed by atoms with van der Waals surface area (Å²) in [7, 11) is 0. The van der Waals surface area contributed by atoms with E-state index < -0.39 is 11.6 Å². The molecule has 0 fully saturated rings. The molecule has 0 saturated heterocycles. The maximum absolute atomic E-state index is 12.9. The SMILES string of the molecule is CCOC(=O)C=C(c1cccc(OCc2ccccc2)c1)n1ccc2cc(OCCc3ccc4c(n3)N(C(=O)OC(C)(C)C)CCC4)ccc21. The van der Waals surface area contributed by atoms with Gasteiger partial charge in [0.25, 0.3) is 0 Å². The number of pyridine rings is 1. The number of carbonyl (C=O) groups excluding carboxylic acids is 2. The largest absolute Gasteiger partial charge is 0.493 e. The highest BCUT2D eigenvalue weighted by Crippen LogP contribution is 2.30. The second-order valence-electron chi connectivity index (χ2n) is 13.1. The van der Waals surface area contributed by atoms with Gasteiger partial charge in [-0.15, -0.1) is 0 Å². The summed E-state index contributed by atoms with van der Waals surface area (Å²) in [5.41, 5.74) is 4.75. The van der Waals surface area contributed by atoms with Crippen LogP contribution in [0.2, 0.25) is 0 Å². The van der Waals surface area contributed by atoms with Crippen LogP contribution in [0.3, 0.4) is 0 Å². The number of hydrogen-bond donors (Lipinski definition) is 0. The molecular weight excluding hydrogens is 630 g/mol. The normalized spacial score (nSPS) is 13.1. The van der Waals surface area contributed by atoms with Crippen LogP contribution in [-0.4, -0.2) is 47.0 Å². The summed E-state index contributed by atoms with van der Waals surface area (Å²) in [6.45, 7) is 9.09. The van der Waals surface area contributed by atoms with Crippen LogP contribution < -0.4 is 14.4 Å². The molecule has 0 bridgehead atoms. The number of amides is 1. The Balaban J connectivity index is 1.17. The number of hydrogen-bond acceptors (Lipinski definition) is 7. The smallest absolute Gasteiger partial charge is 0.416 e. The van der Waals surface area contributed by atoms with Crippen LogP contribution in [0, 0.1) is 0 Å². The minimum atomic E-state index is -0.580. The second-order valence-corrected chi connectivity index (χ2v) is 13.1. The Morgan fingerprint density at radius 2 is 1.72 bits per heavy atom. The molecule has 6 rings (SSSR count). The van der Waals surface area contributed by atoms with Gasteiger partial charge in [-0.1, -0.05) is 48.5 Å². The van der Waals surface area contributed by atoms with Gasteiger partial charge >= 0.3 is 12.1 Å². The third-order valence-electron chi connectivity index (χ3n) is 8.18. The van der Waals surface area contributed by atoms with E-state index in [2.05, 4.69) is 6.07 Å². The molecule has 0 atom stereocenters. The van der Waals surface area contributed by atoms with E-state index in [4.69, 9.17) is 23.9 Å². The summed E-state index contributed by atoms with van der Waals surface area (Å²) in [4.78, 5) is 32.1. The van der Waals surface area contributed by atoms with Crippen molar-refractivity contribution in [2.24, 2.45) is 0 Å². The number of aromatic nitrogens is 2. The van der Waals surface area contributed by atoms with E-state index in [1.807, 2.05) is 116 Å². The first-order valence-electron chi connectivity index (χ1n) is 17.1. The molecule has 9 heteroatoms. The van der Waals surface area contributed by atoms with Crippen molar-refractivity contribution in [1.82, 2.24) is 9.55 Å². The second kappa shape index (κ2) is 15.3. The minimum Gasteiger partial charge on any atom is -0.493 e. The van der Waals surface area contributed by atoms with Crippen LogP contribution in [0.1, 0.15) is 56.5 Å². The number of rotatable bonds is 11. The Morgan fingerprint density at radius 1 is 0.900 bits per heavy atom. The van der Waals surface area contributed by atoms with Gasteiger partial charge in [0.05, 0.1) is 24.4 Å². The molecule has 5 aromatic rings. The van der Waals surface area contributed by atoms with E-state index in [0.29, 0.717) is 43.4 Å². The zero-order valence-electron chi connectivity index (χ0n) is 29.1. The molecule has 9 nitrogen and oxygen atoms in total. The monoisotopic (exact) mass is 673 g/mol. The Kier molecular flexibility index (Phi) is 10.5. The van der Waals surface area contributed by atoms with Crippen molar-refractivity contribution >= 4 is 34.5 Å². The van der Waals surface area contributed by atoms with E-state index in [9.17, 15) is 9.59 Å². The van der Waals surface area contributed by atoms with Crippen molar-refractivity contribution in [2.75, 3.05) is 24.7 Å². The average molecular weight is 674 g/mol. The van der Waals surface area contributed by atoms with Crippen molar-refractivity contribution in [3.8, 4) is 11.5 Å². The van der Waals surface area contributed by atoms with E-state index in [1.54, 1.807) is 11.8 Å². The number of benzene rings is 3. The van der Waals surface area contributed by atoms with Crippen LogP contribution in [0.15, 0.2) is 103 Å². The molecule has 3 aromatic carbocycles. The van der Waals surface area contributed by atoms with E-state index in [0.717, 1.165) is 51.9 Å². The van der Waals surface area contributed by atoms with Gasteiger partial charge in [0.2, 0.25) is 0 Å². The highest BCUT2D eigenvalue weighted by molar-refractivity contribution is 5.95. The van der Waals surface area contributed by atoms with Gasteiger partial charge in [-0.2, -0.15) is 0 Å². The fourth-order valence-corrected chi connectivity index (χ4v) is 5.88. The zero-order chi connectivity index (χ0) is 35.1. The van der Waals surface area contributed by atoms with Crippen LogP contribution in [0.5, 0.6) is 11.5 Å². The number of nitrogens with zero attached hydrogens (tertiary/aromatic N) is 3. The van der Waals surface area contributed by atoms with E-state index >= 15 is 0 Å². The molecule has 0 N–H and O–H groups in total. The molecule has 258 valence electrons. The first kappa shape index (κ1) is 34.3. The molecule has 0 saturated carbocycles. The van der Waals surface area contributed by atoms with Gasteiger partial charge in [0.15, 0.2) is 0 Å². The Hall–Kier alpha value is -5.57. The number of aryl methyl sites for hydroxylation is 1. The van der Waals surface area contributed by atoms with E-state index in [1.165, 1.54) is 6.08 Å². The first-order valence-corrected chi connectivity index (χ1v) is 17.1. The van der Waals surface area contributed by atoms with Gasteiger partial charge < -0.3 is 23.5 Å². The summed E-state index contributed by atoms with van der Waals surface area (Å²) >= 11 is 0. The van der Waals surface area contributed by atoms with Gasteiger partial charge in [-0.3, -0.25) is 4.90 Å².